The molecule has 3 aromatic rings. The second kappa shape index (κ2) is 11.4. The summed E-state index contributed by atoms with van der Waals surface area (Å²) in [5, 5.41) is 0. The molecule has 8 heteroatoms. The summed E-state index contributed by atoms with van der Waals surface area (Å²) in [4.78, 5) is 41.9. The molecule has 0 unspecified atom stereocenters. The number of nitrogens with one attached hydrogen (secondary N) is 1. The topological polar surface area (TPSA) is 75.8 Å². The predicted molar refractivity (Wildman–Crippen MR) is 152 cm³/mol. The Morgan fingerprint density at radius 1 is 0.842 bits per heavy atom. The average Bonchev–Trinajstić information content (AvgIpc) is 2.94. The zero-order chi connectivity index (χ0) is 26.6. The summed E-state index contributed by atoms with van der Waals surface area (Å²) in [5.74, 6) is 0.656. The minimum atomic E-state index is -0.131. The first-order valence-electron chi connectivity index (χ1n) is 13.7. The molecule has 0 aliphatic carbocycles. The van der Waals surface area contributed by atoms with Gasteiger partial charge in [0.15, 0.2) is 0 Å². The number of anilines is 2. The Balaban J connectivity index is 1.16. The van der Waals surface area contributed by atoms with Crippen molar-refractivity contribution >= 4 is 17.5 Å². The first kappa shape index (κ1) is 26.0. The van der Waals surface area contributed by atoms with Crippen LogP contribution < -0.4 is 15.4 Å². The Kier molecular flexibility index (Phi) is 7.79. The minimum Gasteiger partial charge on any atom is -0.369 e. The number of amides is 1. The number of H-pyrrole nitrogens is 1. The van der Waals surface area contributed by atoms with Crippen LogP contribution in [0.3, 0.4) is 0 Å². The fourth-order valence-corrected chi connectivity index (χ4v) is 5.23. The number of hydrogen-bond donors (Lipinski definition) is 1. The van der Waals surface area contributed by atoms with E-state index in [0.29, 0.717) is 38.7 Å². The van der Waals surface area contributed by atoms with Crippen LogP contribution >= 0.6 is 0 Å². The van der Waals surface area contributed by atoms with E-state index in [1.807, 2.05) is 29.2 Å². The van der Waals surface area contributed by atoms with Crippen LogP contribution in [0.1, 0.15) is 39.7 Å². The number of nitrogens with zero attached hydrogens (tertiary/aromatic N) is 5. The Labute approximate surface area is 224 Å². The first-order chi connectivity index (χ1) is 18.4. The van der Waals surface area contributed by atoms with Gasteiger partial charge in [0.2, 0.25) is 5.95 Å². The third-order valence-corrected chi connectivity index (χ3v) is 7.87. The van der Waals surface area contributed by atoms with Gasteiger partial charge in [0.05, 0.1) is 5.69 Å². The number of aromatic amines is 1. The van der Waals surface area contributed by atoms with Gasteiger partial charge < -0.3 is 14.7 Å². The largest absolute Gasteiger partial charge is 0.369 e. The lowest BCUT2D eigenvalue weighted by Gasteiger charge is -2.36. The molecule has 5 rings (SSSR count). The summed E-state index contributed by atoms with van der Waals surface area (Å²) in [6.45, 7) is 13.3. The van der Waals surface area contributed by atoms with E-state index in [0.717, 1.165) is 43.9 Å². The molecule has 1 aromatic heterocycles. The molecule has 1 N–H and O–H groups in total. The number of carbonyl (C=O) groups excluding carboxylic acids is 1. The fourth-order valence-electron chi connectivity index (χ4n) is 5.23. The number of benzene rings is 2. The van der Waals surface area contributed by atoms with Gasteiger partial charge in [0.25, 0.3) is 11.5 Å². The highest BCUT2D eigenvalue weighted by atomic mass is 16.2. The monoisotopic (exact) mass is 514 g/mol. The van der Waals surface area contributed by atoms with Gasteiger partial charge in [-0.1, -0.05) is 25.1 Å². The summed E-state index contributed by atoms with van der Waals surface area (Å²) in [6.07, 6.45) is 0.959. The summed E-state index contributed by atoms with van der Waals surface area (Å²) in [7, 11) is 0. The molecule has 3 heterocycles. The summed E-state index contributed by atoms with van der Waals surface area (Å²) >= 11 is 0. The van der Waals surface area contributed by atoms with Crippen molar-refractivity contribution in [2.75, 3.05) is 62.2 Å². The van der Waals surface area contributed by atoms with Crippen molar-refractivity contribution in [2.45, 2.75) is 33.7 Å². The molecule has 8 nitrogen and oxygen atoms in total. The highest BCUT2D eigenvalue weighted by Crippen LogP contribution is 2.21. The van der Waals surface area contributed by atoms with Gasteiger partial charge in [-0.15, -0.1) is 0 Å². The minimum absolute atomic E-state index is 0.0578. The SMILES string of the molecule is CCc1ccc(C(=O)N2CCN(c3nc(CN4CCN(c5ccc(C)c(C)c5)CC4)cc(=O)[nH]3)CC2)cc1. The van der Waals surface area contributed by atoms with E-state index in [9.17, 15) is 9.59 Å². The van der Waals surface area contributed by atoms with E-state index in [1.54, 1.807) is 6.07 Å². The molecule has 2 fully saturated rings. The van der Waals surface area contributed by atoms with Crippen LogP contribution in [0.15, 0.2) is 53.3 Å². The molecular weight excluding hydrogens is 476 g/mol. The standard InChI is InChI=1S/C30H38N6O2/c1-4-24-6-8-25(9-7-24)29(38)35-15-17-36(18-16-35)30-31-26(20-28(37)32-30)21-33-11-13-34(14-12-33)27-10-5-22(2)23(3)19-27/h5-10,19-20H,4,11-18,21H2,1-3H3,(H,31,32,37). The number of aromatic nitrogens is 2. The molecule has 0 radical (unpaired) electrons. The van der Waals surface area contributed by atoms with E-state index < -0.39 is 0 Å². The molecule has 0 bridgehead atoms. The third-order valence-electron chi connectivity index (χ3n) is 7.87. The summed E-state index contributed by atoms with van der Waals surface area (Å²) in [5.41, 5.74) is 6.52. The van der Waals surface area contributed by atoms with Crippen molar-refractivity contribution in [1.82, 2.24) is 19.8 Å². The van der Waals surface area contributed by atoms with Crippen LogP contribution in [-0.2, 0) is 13.0 Å². The van der Waals surface area contributed by atoms with Crippen LogP contribution in [0.25, 0.3) is 0 Å². The van der Waals surface area contributed by atoms with E-state index in [-0.39, 0.29) is 11.5 Å². The van der Waals surface area contributed by atoms with Crippen molar-refractivity contribution in [3.05, 3.63) is 86.8 Å². The highest BCUT2D eigenvalue weighted by Gasteiger charge is 2.24. The lowest BCUT2D eigenvalue weighted by atomic mass is 10.1. The lowest BCUT2D eigenvalue weighted by Crippen LogP contribution is -2.49. The zero-order valence-corrected chi connectivity index (χ0v) is 22.7. The average molecular weight is 515 g/mol. The van der Waals surface area contributed by atoms with Gasteiger partial charge in [0, 0.05) is 76.2 Å². The van der Waals surface area contributed by atoms with Crippen LogP contribution in [0.4, 0.5) is 11.6 Å². The second-order valence-electron chi connectivity index (χ2n) is 10.4. The van der Waals surface area contributed by atoms with Gasteiger partial charge in [-0.3, -0.25) is 19.5 Å². The third kappa shape index (κ3) is 5.91. The van der Waals surface area contributed by atoms with Crippen LogP contribution in [0.5, 0.6) is 0 Å². The van der Waals surface area contributed by atoms with E-state index in [4.69, 9.17) is 4.98 Å². The molecule has 0 atom stereocenters. The second-order valence-corrected chi connectivity index (χ2v) is 10.4. The van der Waals surface area contributed by atoms with Gasteiger partial charge >= 0.3 is 0 Å². The molecular formula is C30H38N6O2. The molecule has 200 valence electrons. The number of carbonyl (C=O) groups is 1. The molecule has 2 aliphatic rings. The maximum atomic E-state index is 12.9. The Morgan fingerprint density at radius 3 is 2.18 bits per heavy atom. The smallest absolute Gasteiger partial charge is 0.253 e. The summed E-state index contributed by atoms with van der Waals surface area (Å²) in [6, 6.07) is 16.1. The van der Waals surface area contributed by atoms with Crippen molar-refractivity contribution in [3.63, 3.8) is 0 Å². The Hall–Kier alpha value is -3.65. The molecule has 2 aromatic carbocycles. The predicted octanol–water partition coefficient (Wildman–Crippen LogP) is 3.23. The lowest BCUT2D eigenvalue weighted by molar-refractivity contribution is 0.0746. The van der Waals surface area contributed by atoms with E-state index in [1.165, 1.54) is 22.4 Å². The molecule has 0 spiro atoms. The Morgan fingerprint density at radius 2 is 1.53 bits per heavy atom. The van der Waals surface area contributed by atoms with Crippen LogP contribution in [0, 0.1) is 13.8 Å². The molecule has 2 saturated heterocycles. The summed E-state index contributed by atoms with van der Waals surface area (Å²) < 4.78 is 0. The number of hydrogen-bond acceptors (Lipinski definition) is 6. The molecule has 2 aliphatic heterocycles. The van der Waals surface area contributed by atoms with Crippen LogP contribution in [-0.4, -0.2) is 78.0 Å². The van der Waals surface area contributed by atoms with Crippen molar-refractivity contribution in [2.24, 2.45) is 0 Å². The Bertz CT molecular complexity index is 1320. The van der Waals surface area contributed by atoms with Crippen molar-refractivity contribution < 1.29 is 4.79 Å². The molecule has 38 heavy (non-hydrogen) atoms. The van der Waals surface area contributed by atoms with Gasteiger partial charge in [0.1, 0.15) is 0 Å². The van der Waals surface area contributed by atoms with Crippen LogP contribution in [0.2, 0.25) is 0 Å². The van der Waals surface area contributed by atoms with Gasteiger partial charge in [-0.25, -0.2) is 4.98 Å². The number of aryl methyl sites for hydroxylation is 3. The quantitative estimate of drug-likeness (QED) is 0.545. The zero-order valence-electron chi connectivity index (χ0n) is 22.7. The number of rotatable bonds is 6. The van der Waals surface area contributed by atoms with Crippen molar-refractivity contribution in [3.8, 4) is 0 Å². The normalized spacial score (nSPS) is 16.7. The number of piperazine rings is 2. The van der Waals surface area contributed by atoms with Crippen molar-refractivity contribution in [1.29, 1.82) is 0 Å². The van der Waals surface area contributed by atoms with E-state index in [2.05, 4.69) is 58.7 Å². The van der Waals surface area contributed by atoms with Gasteiger partial charge in [-0.2, -0.15) is 0 Å². The first-order valence-corrected chi connectivity index (χ1v) is 13.7. The maximum Gasteiger partial charge on any atom is 0.253 e. The molecule has 0 saturated carbocycles. The molecule has 1 amide bonds. The maximum absolute atomic E-state index is 12.9. The highest BCUT2D eigenvalue weighted by molar-refractivity contribution is 5.94. The van der Waals surface area contributed by atoms with Gasteiger partial charge in [-0.05, 0) is 61.2 Å². The van der Waals surface area contributed by atoms with E-state index >= 15 is 0 Å². The fraction of sp³-hybridized carbons (Fsp3) is 0.433.